The van der Waals surface area contributed by atoms with E-state index in [0.717, 1.165) is 13.0 Å². The lowest BCUT2D eigenvalue weighted by atomic mass is 10.2. The third-order valence-electron chi connectivity index (χ3n) is 1.58. The second-order valence-electron chi connectivity index (χ2n) is 5.25. The Labute approximate surface area is 98.7 Å². The summed E-state index contributed by atoms with van der Waals surface area (Å²) in [4.78, 5) is 11.2. The van der Waals surface area contributed by atoms with Crippen LogP contribution in [-0.4, -0.2) is 31.5 Å². The van der Waals surface area contributed by atoms with Crippen molar-refractivity contribution in [3.05, 3.63) is 0 Å². The standard InChI is InChI=1S/C12H25NO3/c1-10(2)9-15-8-6-7-13-11(14)16-12(3,4)5/h10H,6-9H2,1-5H3,(H,13,14). The summed E-state index contributed by atoms with van der Waals surface area (Å²) >= 11 is 0. The van der Waals surface area contributed by atoms with Crippen molar-refractivity contribution in [2.45, 2.75) is 46.6 Å². The van der Waals surface area contributed by atoms with Crippen LogP contribution < -0.4 is 5.32 Å². The molecule has 0 bridgehead atoms. The van der Waals surface area contributed by atoms with Crippen LogP contribution in [0.5, 0.6) is 0 Å². The number of carbonyl (C=O) groups is 1. The van der Waals surface area contributed by atoms with Gasteiger partial charge in [-0.05, 0) is 33.1 Å². The first-order valence-electron chi connectivity index (χ1n) is 5.86. The highest BCUT2D eigenvalue weighted by atomic mass is 16.6. The molecule has 0 aliphatic carbocycles. The predicted octanol–water partition coefficient (Wildman–Crippen LogP) is 2.57. The molecule has 0 rings (SSSR count). The highest BCUT2D eigenvalue weighted by Crippen LogP contribution is 2.06. The molecule has 4 heteroatoms. The first-order chi connectivity index (χ1) is 7.31. The van der Waals surface area contributed by atoms with Gasteiger partial charge in [-0.2, -0.15) is 0 Å². The zero-order valence-corrected chi connectivity index (χ0v) is 11.1. The Balaban J connectivity index is 3.35. The second-order valence-corrected chi connectivity index (χ2v) is 5.25. The number of hydrogen-bond acceptors (Lipinski definition) is 3. The number of alkyl carbamates (subject to hydrolysis) is 1. The maximum atomic E-state index is 11.2. The molecule has 0 fully saturated rings. The minimum Gasteiger partial charge on any atom is -0.444 e. The van der Waals surface area contributed by atoms with E-state index in [1.807, 2.05) is 20.8 Å². The molecule has 96 valence electrons. The fourth-order valence-electron chi connectivity index (χ4n) is 0.998. The van der Waals surface area contributed by atoms with Crippen molar-refractivity contribution in [3.63, 3.8) is 0 Å². The van der Waals surface area contributed by atoms with Gasteiger partial charge < -0.3 is 14.8 Å². The molecule has 0 aliphatic heterocycles. The average Bonchev–Trinajstić information content (AvgIpc) is 2.07. The summed E-state index contributed by atoms with van der Waals surface area (Å²) in [7, 11) is 0. The third kappa shape index (κ3) is 11.3. The average molecular weight is 231 g/mol. The van der Waals surface area contributed by atoms with E-state index in [9.17, 15) is 4.79 Å². The number of nitrogens with one attached hydrogen (secondary N) is 1. The van der Waals surface area contributed by atoms with Crippen LogP contribution in [0.15, 0.2) is 0 Å². The van der Waals surface area contributed by atoms with E-state index in [0.29, 0.717) is 19.1 Å². The monoisotopic (exact) mass is 231 g/mol. The van der Waals surface area contributed by atoms with Crippen LogP contribution >= 0.6 is 0 Å². The SMILES string of the molecule is CC(C)COCCCNC(=O)OC(C)(C)C. The van der Waals surface area contributed by atoms with Crippen LogP contribution in [0.3, 0.4) is 0 Å². The Bertz CT molecular complexity index is 197. The molecule has 0 radical (unpaired) electrons. The smallest absolute Gasteiger partial charge is 0.407 e. The summed E-state index contributed by atoms with van der Waals surface area (Å²) in [5.41, 5.74) is -0.432. The van der Waals surface area contributed by atoms with Gasteiger partial charge in [0.15, 0.2) is 0 Å². The van der Waals surface area contributed by atoms with Crippen LogP contribution in [0.4, 0.5) is 4.79 Å². The number of hydrogen-bond donors (Lipinski definition) is 1. The molecule has 0 saturated heterocycles. The summed E-state index contributed by atoms with van der Waals surface area (Å²) in [5, 5.41) is 2.69. The maximum Gasteiger partial charge on any atom is 0.407 e. The van der Waals surface area contributed by atoms with Gasteiger partial charge in [-0.15, -0.1) is 0 Å². The molecule has 1 amide bonds. The number of rotatable bonds is 6. The van der Waals surface area contributed by atoms with Crippen LogP contribution in [0.1, 0.15) is 41.0 Å². The van der Waals surface area contributed by atoms with Gasteiger partial charge in [0.2, 0.25) is 0 Å². The molecule has 0 saturated carbocycles. The molecule has 0 aromatic carbocycles. The third-order valence-corrected chi connectivity index (χ3v) is 1.58. The molecule has 1 N–H and O–H groups in total. The topological polar surface area (TPSA) is 47.6 Å². The Morgan fingerprint density at radius 2 is 1.94 bits per heavy atom. The van der Waals surface area contributed by atoms with Crippen molar-refractivity contribution in [1.29, 1.82) is 0 Å². The first-order valence-corrected chi connectivity index (χ1v) is 5.86. The van der Waals surface area contributed by atoms with Crippen LogP contribution in [-0.2, 0) is 9.47 Å². The van der Waals surface area contributed by atoms with Crippen molar-refractivity contribution < 1.29 is 14.3 Å². The highest BCUT2D eigenvalue weighted by molar-refractivity contribution is 5.67. The molecular formula is C12H25NO3. The largest absolute Gasteiger partial charge is 0.444 e. The fraction of sp³-hybridized carbons (Fsp3) is 0.917. The Morgan fingerprint density at radius 1 is 1.31 bits per heavy atom. The lowest BCUT2D eigenvalue weighted by Gasteiger charge is -2.19. The molecule has 0 heterocycles. The van der Waals surface area contributed by atoms with E-state index in [2.05, 4.69) is 19.2 Å². The van der Waals surface area contributed by atoms with Crippen molar-refractivity contribution in [3.8, 4) is 0 Å². The summed E-state index contributed by atoms with van der Waals surface area (Å²) in [6.07, 6.45) is 0.447. The highest BCUT2D eigenvalue weighted by Gasteiger charge is 2.15. The van der Waals surface area contributed by atoms with Gasteiger partial charge in [0.25, 0.3) is 0 Å². The van der Waals surface area contributed by atoms with Crippen LogP contribution in [0, 0.1) is 5.92 Å². The van der Waals surface area contributed by atoms with Gasteiger partial charge in [-0.25, -0.2) is 4.79 Å². The van der Waals surface area contributed by atoms with Crippen molar-refractivity contribution in [1.82, 2.24) is 5.32 Å². The molecule has 0 spiro atoms. The molecule has 16 heavy (non-hydrogen) atoms. The van der Waals surface area contributed by atoms with Gasteiger partial charge in [0, 0.05) is 19.8 Å². The Hall–Kier alpha value is -0.770. The van der Waals surface area contributed by atoms with Crippen molar-refractivity contribution in [2.24, 2.45) is 5.92 Å². The van der Waals surface area contributed by atoms with Gasteiger partial charge in [0.1, 0.15) is 5.60 Å². The minimum atomic E-state index is -0.432. The maximum absolute atomic E-state index is 11.2. The van der Waals surface area contributed by atoms with Gasteiger partial charge in [-0.3, -0.25) is 0 Å². The van der Waals surface area contributed by atoms with E-state index in [4.69, 9.17) is 9.47 Å². The number of carbonyl (C=O) groups excluding carboxylic acids is 1. The second kappa shape index (κ2) is 7.49. The molecule has 0 unspecified atom stereocenters. The van der Waals surface area contributed by atoms with E-state index in [-0.39, 0.29) is 6.09 Å². The molecule has 0 aliphatic rings. The summed E-state index contributed by atoms with van der Waals surface area (Å²) in [6.45, 7) is 11.8. The Morgan fingerprint density at radius 3 is 2.44 bits per heavy atom. The van der Waals surface area contributed by atoms with Gasteiger partial charge >= 0.3 is 6.09 Å². The number of amides is 1. The fourth-order valence-corrected chi connectivity index (χ4v) is 0.998. The van der Waals surface area contributed by atoms with Gasteiger partial charge in [0.05, 0.1) is 0 Å². The van der Waals surface area contributed by atoms with Crippen LogP contribution in [0.2, 0.25) is 0 Å². The molecule has 4 nitrogen and oxygen atoms in total. The summed E-state index contributed by atoms with van der Waals surface area (Å²) in [6, 6.07) is 0. The minimum absolute atomic E-state index is 0.364. The summed E-state index contributed by atoms with van der Waals surface area (Å²) in [5.74, 6) is 0.554. The normalized spacial score (nSPS) is 11.6. The van der Waals surface area contributed by atoms with Crippen molar-refractivity contribution >= 4 is 6.09 Å². The van der Waals surface area contributed by atoms with E-state index in [1.165, 1.54) is 0 Å². The predicted molar refractivity (Wildman–Crippen MR) is 64.5 cm³/mol. The zero-order valence-electron chi connectivity index (χ0n) is 11.1. The van der Waals surface area contributed by atoms with Gasteiger partial charge in [-0.1, -0.05) is 13.8 Å². The summed E-state index contributed by atoms with van der Waals surface area (Å²) < 4.78 is 10.5. The quantitative estimate of drug-likeness (QED) is 0.715. The Kier molecular flexibility index (Phi) is 7.13. The van der Waals surface area contributed by atoms with E-state index in [1.54, 1.807) is 0 Å². The molecule has 0 aromatic heterocycles. The molecule has 0 aromatic rings. The van der Waals surface area contributed by atoms with Crippen molar-refractivity contribution in [2.75, 3.05) is 19.8 Å². The molecule has 0 atom stereocenters. The molecular weight excluding hydrogens is 206 g/mol. The lowest BCUT2D eigenvalue weighted by molar-refractivity contribution is 0.0517. The zero-order chi connectivity index (χ0) is 12.6. The lowest BCUT2D eigenvalue weighted by Crippen LogP contribution is -2.33. The van der Waals surface area contributed by atoms with E-state index >= 15 is 0 Å². The first kappa shape index (κ1) is 15.2. The number of ether oxygens (including phenoxy) is 2. The van der Waals surface area contributed by atoms with Crippen LogP contribution in [0.25, 0.3) is 0 Å². The van der Waals surface area contributed by atoms with E-state index < -0.39 is 5.60 Å².